The van der Waals surface area contributed by atoms with Crippen molar-refractivity contribution in [3.63, 3.8) is 0 Å². The number of carboxylic acids is 1. The Morgan fingerprint density at radius 3 is 2.67 bits per heavy atom. The Balaban J connectivity index is 1.45. The number of methoxy groups -OCH3 is 1. The molecule has 1 saturated carbocycles. The van der Waals surface area contributed by atoms with Gasteiger partial charge in [-0.15, -0.1) is 0 Å². The van der Waals surface area contributed by atoms with Gasteiger partial charge in [-0.25, -0.2) is 9.78 Å². The number of carboxylic acid groups (broad SMARTS) is 1. The van der Waals surface area contributed by atoms with Crippen LogP contribution in [0.1, 0.15) is 67.6 Å². The van der Waals surface area contributed by atoms with Gasteiger partial charge in [-0.2, -0.15) is 0 Å². The summed E-state index contributed by atoms with van der Waals surface area (Å²) in [6, 6.07) is 12.0. The van der Waals surface area contributed by atoms with Crippen molar-refractivity contribution in [2.45, 2.75) is 77.0 Å². The molecular weight excluding hydrogens is 496 g/mol. The quantitative estimate of drug-likeness (QED) is 0.517. The third-order valence-electron chi connectivity index (χ3n) is 8.77. The second-order valence-corrected chi connectivity index (χ2v) is 11.1. The molecule has 0 bridgehead atoms. The summed E-state index contributed by atoms with van der Waals surface area (Å²) in [7, 11) is 1.39. The van der Waals surface area contributed by atoms with E-state index in [1.54, 1.807) is 4.90 Å². The monoisotopic (exact) mass is 530 g/mol. The normalized spacial score (nSPS) is 22.9. The maximum Gasteiger partial charge on any atom is 0.414 e. The van der Waals surface area contributed by atoms with Crippen LogP contribution in [0.3, 0.4) is 0 Å². The fourth-order valence-electron chi connectivity index (χ4n) is 6.73. The van der Waals surface area contributed by atoms with Crippen LogP contribution in [0.2, 0.25) is 0 Å². The molecule has 0 unspecified atom stereocenters. The zero-order valence-electron chi connectivity index (χ0n) is 22.4. The molecule has 1 aliphatic carbocycles. The summed E-state index contributed by atoms with van der Waals surface area (Å²) in [4.78, 5) is 46.5. The molecular formula is C30H34N4O5. The number of rotatable bonds is 4. The summed E-state index contributed by atoms with van der Waals surface area (Å²) in [6.45, 7) is 2.89. The van der Waals surface area contributed by atoms with Gasteiger partial charge in [0, 0.05) is 24.2 Å². The highest BCUT2D eigenvalue weighted by atomic mass is 16.5. The lowest BCUT2D eigenvalue weighted by molar-refractivity contribution is -0.143. The second-order valence-electron chi connectivity index (χ2n) is 11.1. The average molecular weight is 531 g/mol. The number of carbonyl (C=O) groups is 3. The van der Waals surface area contributed by atoms with E-state index in [-0.39, 0.29) is 18.0 Å². The summed E-state index contributed by atoms with van der Waals surface area (Å²) in [5, 5.41) is 9.79. The Morgan fingerprint density at radius 1 is 1.10 bits per heavy atom. The van der Waals surface area contributed by atoms with E-state index in [2.05, 4.69) is 10.6 Å². The first-order chi connectivity index (χ1) is 18.9. The number of fused-ring (bicyclic) bond motifs is 4. The molecule has 3 heterocycles. The number of benzene rings is 2. The standard InChI is InChI=1S/C30H34N4O5/c1-18-10-11-23-24(33(18)30(38)39-2)12-13-25-28(23)31-26(34(25)22-9-5-8-20(14-22)29(36)37)17-32-16-21-7-4-3-6-19(21)15-27(32)35/h3-4,6-7,12-13,18,20,22H,5,8-11,14-17H2,1-2H3,(H,36,37)/t18-,20+,22+/m0/s1. The highest BCUT2D eigenvalue weighted by Gasteiger charge is 2.35. The summed E-state index contributed by atoms with van der Waals surface area (Å²) in [5.41, 5.74) is 5.77. The molecule has 1 aromatic heterocycles. The maximum absolute atomic E-state index is 13.2. The molecule has 9 heteroatoms. The molecule has 1 N–H and O–H groups in total. The van der Waals surface area contributed by atoms with Crippen molar-refractivity contribution in [3.8, 4) is 0 Å². The number of imidazole rings is 1. The lowest BCUT2D eigenvalue weighted by Crippen LogP contribution is -2.42. The molecule has 0 saturated heterocycles. The maximum atomic E-state index is 13.2. The van der Waals surface area contributed by atoms with Crippen LogP contribution < -0.4 is 4.90 Å². The van der Waals surface area contributed by atoms with E-state index in [9.17, 15) is 19.5 Å². The number of carbonyl (C=O) groups excluding carboxylic acids is 2. The van der Waals surface area contributed by atoms with Crippen LogP contribution in [0.15, 0.2) is 36.4 Å². The van der Waals surface area contributed by atoms with Gasteiger partial charge >= 0.3 is 12.1 Å². The largest absolute Gasteiger partial charge is 0.481 e. The van der Waals surface area contributed by atoms with E-state index < -0.39 is 18.0 Å². The topological polar surface area (TPSA) is 105 Å². The van der Waals surface area contributed by atoms with Crippen LogP contribution in [-0.4, -0.2) is 50.7 Å². The number of hydrogen-bond donors (Lipinski definition) is 1. The predicted octanol–water partition coefficient (Wildman–Crippen LogP) is 4.84. The van der Waals surface area contributed by atoms with Crippen LogP contribution in [-0.2, 0) is 40.3 Å². The number of aryl methyl sites for hydroxylation is 1. The molecule has 3 aromatic rings. The Morgan fingerprint density at radius 2 is 1.90 bits per heavy atom. The zero-order valence-corrected chi connectivity index (χ0v) is 22.4. The van der Waals surface area contributed by atoms with Gasteiger partial charge in [0.2, 0.25) is 5.91 Å². The van der Waals surface area contributed by atoms with E-state index in [0.29, 0.717) is 32.4 Å². The molecule has 3 aliphatic rings. The third kappa shape index (κ3) is 4.43. The molecule has 2 aromatic carbocycles. The van der Waals surface area contributed by atoms with Gasteiger partial charge in [0.25, 0.3) is 0 Å². The number of anilines is 1. The molecule has 3 atom stereocenters. The molecule has 2 aliphatic heterocycles. The minimum Gasteiger partial charge on any atom is -0.481 e. The average Bonchev–Trinajstić information content (AvgIpc) is 3.31. The van der Waals surface area contributed by atoms with Gasteiger partial charge in [-0.1, -0.05) is 30.7 Å². The summed E-state index contributed by atoms with van der Waals surface area (Å²) in [6.07, 6.45) is 4.44. The minimum absolute atomic E-state index is 0.00432. The molecule has 2 amide bonds. The van der Waals surface area contributed by atoms with E-state index in [4.69, 9.17) is 9.72 Å². The summed E-state index contributed by atoms with van der Waals surface area (Å²) < 4.78 is 7.28. The van der Waals surface area contributed by atoms with Crippen LogP contribution >= 0.6 is 0 Å². The molecule has 9 nitrogen and oxygen atoms in total. The van der Waals surface area contributed by atoms with E-state index in [1.165, 1.54) is 7.11 Å². The molecule has 39 heavy (non-hydrogen) atoms. The highest BCUT2D eigenvalue weighted by Crippen LogP contribution is 2.41. The number of amides is 2. The minimum atomic E-state index is -0.756. The van der Waals surface area contributed by atoms with Gasteiger partial charge in [0.15, 0.2) is 0 Å². The number of aliphatic carboxylic acids is 1. The SMILES string of the molecule is COC(=O)N1c2ccc3c(nc(CN4Cc5ccccc5CC4=O)n3[C@@H]3CCC[C@@H](C(=O)O)C3)c2CC[C@@H]1C. The van der Waals surface area contributed by atoms with E-state index in [0.717, 1.165) is 64.9 Å². The Hall–Kier alpha value is -3.88. The first-order valence-electron chi connectivity index (χ1n) is 13.8. The van der Waals surface area contributed by atoms with Gasteiger partial charge < -0.3 is 19.3 Å². The van der Waals surface area contributed by atoms with Crippen molar-refractivity contribution >= 4 is 34.7 Å². The van der Waals surface area contributed by atoms with Crippen molar-refractivity contribution in [3.05, 3.63) is 58.9 Å². The van der Waals surface area contributed by atoms with E-state index >= 15 is 0 Å². The van der Waals surface area contributed by atoms with Crippen LogP contribution in [0.25, 0.3) is 11.0 Å². The van der Waals surface area contributed by atoms with Crippen LogP contribution in [0.4, 0.5) is 10.5 Å². The van der Waals surface area contributed by atoms with Crippen LogP contribution in [0, 0.1) is 5.92 Å². The van der Waals surface area contributed by atoms with Crippen molar-refractivity contribution in [1.82, 2.24) is 14.5 Å². The lowest BCUT2D eigenvalue weighted by atomic mass is 9.85. The number of aromatic nitrogens is 2. The number of hydrogen-bond acceptors (Lipinski definition) is 5. The first kappa shape index (κ1) is 25.4. The Labute approximate surface area is 227 Å². The fourth-order valence-corrected chi connectivity index (χ4v) is 6.73. The molecule has 204 valence electrons. The van der Waals surface area contributed by atoms with Gasteiger partial charge in [0.1, 0.15) is 5.82 Å². The summed E-state index contributed by atoms with van der Waals surface area (Å²) in [5.74, 6) is -0.322. The van der Waals surface area contributed by atoms with Gasteiger partial charge in [-0.3, -0.25) is 14.5 Å². The smallest absolute Gasteiger partial charge is 0.414 e. The molecule has 0 spiro atoms. The van der Waals surface area contributed by atoms with Crippen molar-refractivity contribution < 1.29 is 24.2 Å². The van der Waals surface area contributed by atoms with E-state index in [1.807, 2.05) is 42.2 Å². The number of ether oxygens (including phenoxy) is 1. The fraction of sp³-hybridized carbons (Fsp3) is 0.467. The Kier molecular flexibility index (Phi) is 6.53. The predicted molar refractivity (Wildman–Crippen MR) is 145 cm³/mol. The zero-order chi connectivity index (χ0) is 27.3. The highest BCUT2D eigenvalue weighted by molar-refractivity contribution is 5.95. The van der Waals surface area contributed by atoms with Gasteiger partial charge in [-0.05, 0) is 62.3 Å². The summed E-state index contributed by atoms with van der Waals surface area (Å²) >= 11 is 0. The number of nitrogens with zero attached hydrogens (tertiary/aromatic N) is 4. The van der Waals surface area contributed by atoms with Crippen molar-refractivity contribution in [1.29, 1.82) is 0 Å². The first-order valence-corrected chi connectivity index (χ1v) is 13.8. The second kappa shape index (κ2) is 10.0. The lowest BCUT2D eigenvalue weighted by Gasteiger charge is -2.34. The van der Waals surface area contributed by atoms with Crippen molar-refractivity contribution in [2.75, 3.05) is 12.0 Å². The van der Waals surface area contributed by atoms with Crippen LogP contribution in [0.5, 0.6) is 0 Å². The third-order valence-corrected chi connectivity index (χ3v) is 8.77. The Bertz CT molecular complexity index is 1460. The molecule has 0 radical (unpaired) electrons. The van der Waals surface area contributed by atoms with Gasteiger partial charge in [0.05, 0.1) is 42.7 Å². The molecule has 1 fully saturated rings. The molecule has 6 rings (SSSR count). The van der Waals surface area contributed by atoms with Crippen molar-refractivity contribution in [2.24, 2.45) is 5.92 Å².